The molecule has 120 valence electrons. The van der Waals surface area contributed by atoms with Crippen LogP contribution >= 0.6 is 0 Å². The molecular formula is C17H20N4O2. The van der Waals surface area contributed by atoms with E-state index in [0.717, 1.165) is 38.2 Å². The monoisotopic (exact) mass is 312 g/mol. The fourth-order valence-corrected chi connectivity index (χ4v) is 2.82. The van der Waals surface area contributed by atoms with Gasteiger partial charge in [-0.3, -0.25) is 19.5 Å². The van der Waals surface area contributed by atoms with E-state index in [4.69, 9.17) is 0 Å². The molecule has 2 N–H and O–H groups in total. The van der Waals surface area contributed by atoms with E-state index in [-0.39, 0.29) is 23.1 Å². The van der Waals surface area contributed by atoms with Crippen molar-refractivity contribution in [1.82, 2.24) is 20.2 Å². The van der Waals surface area contributed by atoms with Crippen LogP contribution in [0.2, 0.25) is 0 Å². The largest absolute Gasteiger partial charge is 0.349 e. The van der Waals surface area contributed by atoms with Crippen molar-refractivity contribution in [1.29, 1.82) is 0 Å². The average molecular weight is 312 g/mol. The zero-order valence-corrected chi connectivity index (χ0v) is 12.9. The first-order valence-electron chi connectivity index (χ1n) is 7.83. The standard InChI is InChI=1S/C17H20N4O2/c22-16-15(5-3-9-19-16)17(23)20-13-6-10-21(11-7-13)12-14-4-1-2-8-18-14/h1-5,8-9,13H,6-7,10-12H2,(H,19,22)(H,20,23). The Morgan fingerprint density at radius 1 is 1.26 bits per heavy atom. The normalized spacial score (nSPS) is 16.2. The molecule has 2 aromatic rings. The van der Waals surface area contributed by atoms with Gasteiger partial charge >= 0.3 is 0 Å². The van der Waals surface area contributed by atoms with Crippen LogP contribution in [0.1, 0.15) is 28.9 Å². The second-order valence-electron chi connectivity index (χ2n) is 5.76. The van der Waals surface area contributed by atoms with Crippen LogP contribution in [0.5, 0.6) is 0 Å². The van der Waals surface area contributed by atoms with Gasteiger partial charge in [0.1, 0.15) is 5.56 Å². The Morgan fingerprint density at radius 2 is 2.09 bits per heavy atom. The summed E-state index contributed by atoms with van der Waals surface area (Å²) in [5, 5.41) is 2.96. The molecule has 2 aromatic heterocycles. The Morgan fingerprint density at radius 3 is 2.78 bits per heavy atom. The van der Waals surface area contributed by atoms with E-state index in [9.17, 15) is 9.59 Å². The first-order valence-corrected chi connectivity index (χ1v) is 7.83. The van der Waals surface area contributed by atoms with Gasteiger partial charge < -0.3 is 10.3 Å². The van der Waals surface area contributed by atoms with Crippen LogP contribution in [-0.4, -0.2) is 39.9 Å². The lowest BCUT2D eigenvalue weighted by Crippen LogP contribution is -2.45. The second kappa shape index (κ2) is 7.19. The van der Waals surface area contributed by atoms with Gasteiger partial charge in [0.05, 0.1) is 5.69 Å². The number of carbonyl (C=O) groups excluding carboxylic acids is 1. The number of amides is 1. The summed E-state index contributed by atoms with van der Waals surface area (Å²) in [6, 6.07) is 9.25. The fourth-order valence-electron chi connectivity index (χ4n) is 2.82. The SMILES string of the molecule is O=C(NC1CCN(Cc2ccccn2)CC1)c1ccc[nH]c1=O. The number of likely N-dealkylation sites (tertiary alicyclic amines) is 1. The molecule has 0 bridgehead atoms. The minimum Gasteiger partial charge on any atom is -0.349 e. The van der Waals surface area contributed by atoms with E-state index in [1.807, 2.05) is 18.2 Å². The molecule has 0 unspecified atom stereocenters. The third-order valence-electron chi connectivity index (χ3n) is 4.10. The van der Waals surface area contributed by atoms with E-state index < -0.39 is 0 Å². The molecule has 0 saturated carbocycles. The van der Waals surface area contributed by atoms with Crippen molar-refractivity contribution in [2.75, 3.05) is 13.1 Å². The summed E-state index contributed by atoms with van der Waals surface area (Å²) >= 11 is 0. The van der Waals surface area contributed by atoms with Gasteiger partial charge in [0.25, 0.3) is 11.5 Å². The number of nitrogens with one attached hydrogen (secondary N) is 2. The number of rotatable bonds is 4. The summed E-state index contributed by atoms with van der Waals surface area (Å²) in [6.07, 6.45) is 5.08. The van der Waals surface area contributed by atoms with E-state index in [1.54, 1.807) is 18.3 Å². The minimum absolute atomic E-state index is 0.113. The molecule has 1 aliphatic rings. The molecule has 0 radical (unpaired) electrons. The Bertz CT molecular complexity index is 706. The predicted octanol–water partition coefficient (Wildman–Crippen LogP) is 1.16. The second-order valence-corrected chi connectivity index (χ2v) is 5.76. The molecule has 0 spiro atoms. The Kier molecular flexibility index (Phi) is 4.83. The van der Waals surface area contributed by atoms with Gasteiger partial charge in [0, 0.05) is 38.1 Å². The van der Waals surface area contributed by atoms with Gasteiger partial charge in [-0.15, -0.1) is 0 Å². The van der Waals surface area contributed by atoms with Crippen molar-refractivity contribution in [3.8, 4) is 0 Å². The van der Waals surface area contributed by atoms with Gasteiger partial charge in [-0.2, -0.15) is 0 Å². The summed E-state index contributed by atoms with van der Waals surface area (Å²) in [5.74, 6) is -0.296. The molecule has 1 fully saturated rings. The molecular weight excluding hydrogens is 292 g/mol. The van der Waals surface area contributed by atoms with Gasteiger partial charge in [-0.1, -0.05) is 6.07 Å². The lowest BCUT2D eigenvalue weighted by molar-refractivity contribution is 0.0907. The molecule has 0 atom stereocenters. The number of hydrogen-bond acceptors (Lipinski definition) is 4. The molecule has 0 aliphatic carbocycles. The molecule has 1 aliphatic heterocycles. The van der Waals surface area contributed by atoms with Crippen LogP contribution in [0.25, 0.3) is 0 Å². The van der Waals surface area contributed by atoms with Crippen LogP contribution in [0.3, 0.4) is 0 Å². The number of aromatic nitrogens is 2. The lowest BCUT2D eigenvalue weighted by atomic mass is 10.0. The third kappa shape index (κ3) is 4.04. The topological polar surface area (TPSA) is 78.1 Å². The lowest BCUT2D eigenvalue weighted by Gasteiger charge is -2.32. The molecule has 3 heterocycles. The van der Waals surface area contributed by atoms with E-state index in [2.05, 4.69) is 20.2 Å². The summed E-state index contributed by atoms with van der Waals surface area (Å²) in [5.41, 5.74) is 0.881. The number of carbonyl (C=O) groups is 1. The van der Waals surface area contributed by atoms with Crippen LogP contribution in [0.4, 0.5) is 0 Å². The maximum Gasteiger partial charge on any atom is 0.260 e. The van der Waals surface area contributed by atoms with Crippen molar-refractivity contribution in [2.45, 2.75) is 25.4 Å². The number of pyridine rings is 2. The van der Waals surface area contributed by atoms with Crippen molar-refractivity contribution >= 4 is 5.91 Å². The molecule has 6 nitrogen and oxygen atoms in total. The Labute approximate surface area is 134 Å². The first-order chi connectivity index (χ1) is 11.2. The zero-order valence-electron chi connectivity index (χ0n) is 12.9. The quantitative estimate of drug-likeness (QED) is 0.888. The molecule has 1 amide bonds. The van der Waals surface area contributed by atoms with Crippen LogP contribution in [0.15, 0.2) is 47.5 Å². The molecule has 3 rings (SSSR count). The van der Waals surface area contributed by atoms with Crippen molar-refractivity contribution in [3.05, 3.63) is 64.3 Å². The maximum atomic E-state index is 12.2. The van der Waals surface area contributed by atoms with E-state index in [1.165, 1.54) is 6.20 Å². The van der Waals surface area contributed by atoms with Crippen LogP contribution < -0.4 is 10.9 Å². The molecule has 6 heteroatoms. The smallest absolute Gasteiger partial charge is 0.260 e. The highest BCUT2D eigenvalue weighted by atomic mass is 16.2. The zero-order chi connectivity index (χ0) is 16.1. The van der Waals surface area contributed by atoms with Gasteiger partial charge in [-0.25, -0.2) is 0 Å². The average Bonchev–Trinajstić information content (AvgIpc) is 2.58. The van der Waals surface area contributed by atoms with Crippen LogP contribution in [-0.2, 0) is 6.54 Å². The summed E-state index contributed by atoms with van der Waals surface area (Å²) in [6.45, 7) is 2.65. The number of H-pyrrole nitrogens is 1. The Hall–Kier alpha value is -2.47. The van der Waals surface area contributed by atoms with Crippen molar-refractivity contribution < 1.29 is 4.79 Å². The Balaban J connectivity index is 1.50. The fraction of sp³-hybridized carbons (Fsp3) is 0.353. The first kappa shape index (κ1) is 15.4. The number of piperidine rings is 1. The maximum absolute atomic E-state index is 12.2. The highest BCUT2D eigenvalue weighted by Crippen LogP contribution is 2.13. The van der Waals surface area contributed by atoms with Crippen molar-refractivity contribution in [3.63, 3.8) is 0 Å². The minimum atomic E-state index is -0.349. The van der Waals surface area contributed by atoms with E-state index >= 15 is 0 Å². The number of aromatic amines is 1. The van der Waals surface area contributed by atoms with E-state index in [0.29, 0.717) is 0 Å². The summed E-state index contributed by atoms with van der Waals surface area (Å²) in [4.78, 5) is 33.0. The van der Waals surface area contributed by atoms with Crippen molar-refractivity contribution in [2.24, 2.45) is 0 Å². The van der Waals surface area contributed by atoms with Gasteiger partial charge in [0.2, 0.25) is 0 Å². The van der Waals surface area contributed by atoms with Crippen LogP contribution in [0, 0.1) is 0 Å². The van der Waals surface area contributed by atoms with Gasteiger partial charge in [0.15, 0.2) is 0 Å². The number of hydrogen-bond donors (Lipinski definition) is 2. The summed E-state index contributed by atoms with van der Waals surface area (Å²) in [7, 11) is 0. The molecule has 0 aromatic carbocycles. The van der Waals surface area contributed by atoms with Gasteiger partial charge in [-0.05, 0) is 37.1 Å². The molecule has 1 saturated heterocycles. The highest BCUT2D eigenvalue weighted by molar-refractivity contribution is 5.93. The number of nitrogens with zero attached hydrogens (tertiary/aromatic N) is 2. The molecule has 23 heavy (non-hydrogen) atoms. The third-order valence-corrected chi connectivity index (χ3v) is 4.10. The highest BCUT2D eigenvalue weighted by Gasteiger charge is 2.22. The summed E-state index contributed by atoms with van der Waals surface area (Å²) < 4.78 is 0. The predicted molar refractivity (Wildman–Crippen MR) is 87.1 cm³/mol.